The molecule has 0 spiro atoms. The molecule has 4 heteroatoms. The molecule has 1 heterocycles. The maximum Gasteiger partial charge on any atom is 0.0437 e. The standard InChI is InChI=1S/C11H16BrN3/c1-9(12)6-14-8-10-7-13-5-4-11(10)15(2)3/h4-5,7,14H,1,6,8H2,2-3H3. The van der Waals surface area contributed by atoms with Crippen LogP contribution in [0.15, 0.2) is 29.5 Å². The van der Waals surface area contributed by atoms with Gasteiger partial charge in [0, 0.05) is 55.3 Å². The first-order valence-corrected chi connectivity index (χ1v) is 5.54. The van der Waals surface area contributed by atoms with Crippen LogP contribution in [0.5, 0.6) is 0 Å². The van der Waals surface area contributed by atoms with E-state index < -0.39 is 0 Å². The van der Waals surface area contributed by atoms with Crippen LogP contribution >= 0.6 is 15.9 Å². The highest BCUT2D eigenvalue weighted by Gasteiger charge is 2.03. The Labute approximate surface area is 99.3 Å². The summed E-state index contributed by atoms with van der Waals surface area (Å²) in [6, 6.07) is 2.01. The number of aromatic nitrogens is 1. The Kier molecular flexibility index (Phi) is 4.78. The van der Waals surface area contributed by atoms with Crippen LogP contribution in [0.3, 0.4) is 0 Å². The van der Waals surface area contributed by atoms with Gasteiger partial charge in [-0.2, -0.15) is 0 Å². The van der Waals surface area contributed by atoms with Crippen molar-refractivity contribution < 1.29 is 0 Å². The van der Waals surface area contributed by atoms with Crippen molar-refractivity contribution in [3.8, 4) is 0 Å². The Hall–Kier alpha value is -0.870. The van der Waals surface area contributed by atoms with Gasteiger partial charge in [0.1, 0.15) is 0 Å². The topological polar surface area (TPSA) is 28.2 Å². The van der Waals surface area contributed by atoms with Crippen molar-refractivity contribution >= 4 is 21.6 Å². The van der Waals surface area contributed by atoms with Gasteiger partial charge in [-0.1, -0.05) is 22.5 Å². The molecular formula is C11H16BrN3. The molecule has 1 N–H and O–H groups in total. The Morgan fingerprint density at radius 3 is 2.93 bits per heavy atom. The second kappa shape index (κ2) is 5.88. The third kappa shape index (κ3) is 4.01. The lowest BCUT2D eigenvalue weighted by molar-refractivity contribution is 0.752. The van der Waals surface area contributed by atoms with E-state index in [-0.39, 0.29) is 0 Å². The van der Waals surface area contributed by atoms with E-state index in [0.717, 1.165) is 17.6 Å². The second-order valence-electron chi connectivity index (χ2n) is 3.52. The maximum absolute atomic E-state index is 4.12. The van der Waals surface area contributed by atoms with Crippen molar-refractivity contribution in [3.63, 3.8) is 0 Å². The summed E-state index contributed by atoms with van der Waals surface area (Å²) in [5, 5.41) is 3.28. The van der Waals surface area contributed by atoms with Crippen LogP contribution in [-0.2, 0) is 6.54 Å². The minimum absolute atomic E-state index is 0.766. The molecule has 82 valence electrons. The van der Waals surface area contributed by atoms with Gasteiger partial charge < -0.3 is 10.2 Å². The molecule has 0 radical (unpaired) electrons. The molecule has 0 atom stereocenters. The maximum atomic E-state index is 4.12. The number of hydrogen-bond acceptors (Lipinski definition) is 3. The van der Waals surface area contributed by atoms with E-state index >= 15 is 0 Å². The van der Waals surface area contributed by atoms with E-state index in [1.165, 1.54) is 11.3 Å². The molecule has 0 fully saturated rings. The third-order valence-electron chi connectivity index (χ3n) is 1.99. The minimum Gasteiger partial charge on any atom is -0.377 e. The van der Waals surface area contributed by atoms with Crippen LogP contribution in [0, 0.1) is 0 Å². The summed E-state index contributed by atoms with van der Waals surface area (Å²) in [5.74, 6) is 0. The summed E-state index contributed by atoms with van der Waals surface area (Å²) in [6.07, 6.45) is 3.70. The third-order valence-corrected chi connectivity index (χ3v) is 2.27. The van der Waals surface area contributed by atoms with E-state index in [2.05, 4.69) is 37.7 Å². The van der Waals surface area contributed by atoms with Crippen molar-refractivity contribution in [2.45, 2.75) is 6.54 Å². The fraction of sp³-hybridized carbons (Fsp3) is 0.364. The van der Waals surface area contributed by atoms with Crippen LogP contribution in [0.2, 0.25) is 0 Å². The lowest BCUT2D eigenvalue weighted by Crippen LogP contribution is -2.18. The number of rotatable bonds is 5. The minimum atomic E-state index is 0.766. The van der Waals surface area contributed by atoms with Crippen molar-refractivity contribution in [2.75, 3.05) is 25.5 Å². The Morgan fingerprint density at radius 1 is 1.60 bits per heavy atom. The normalized spacial score (nSPS) is 10.1. The van der Waals surface area contributed by atoms with Crippen molar-refractivity contribution in [1.29, 1.82) is 0 Å². The molecule has 15 heavy (non-hydrogen) atoms. The lowest BCUT2D eigenvalue weighted by Gasteiger charge is -2.16. The molecule has 0 aliphatic heterocycles. The summed E-state index contributed by atoms with van der Waals surface area (Å²) in [4.78, 5) is 6.21. The lowest BCUT2D eigenvalue weighted by atomic mass is 10.2. The molecule has 0 aromatic carbocycles. The fourth-order valence-electron chi connectivity index (χ4n) is 1.33. The van der Waals surface area contributed by atoms with Gasteiger partial charge >= 0.3 is 0 Å². The van der Waals surface area contributed by atoms with Crippen LogP contribution in [0.1, 0.15) is 5.56 Å². The van der Waals surface area contributed by atoms with Gasteiger partial charge in [0.15, 0.2) is 0 Å². The highest BCUT2D eigenvalue weighted by molar-refractivity contribution is 9.11. The van der Waals surface area contributed by atoms with Gasteiger partial charge in [-0.25, -0.2) is 0 Å². The zero-order valence-electron chi connectivity index (χ0n) is 9.13. The summed E-state index contributed by atoms with van der Waals surface area (Å²) >= 11 is 3.31. The smallest absolute Gasteiger partial charge is 0.0437 e. The van der Waals surface area contributed by atoms with E-state index in [9.17, 15) is 0 Å². The molecule has 0 saturated heterocycles. The number of hydrogen-bond donors (Lipinski definition) is 1. The van der Waals surface area contributed by atoms with E-state index in [1.807, 2.05) is 32.6 Å². The van der Waals surface area contributed by atoms with Crippen LogP contribution in [0.25, 0.3) is 0 Å². The highest BCUT2D eigenvalue weighted by Crippen LogP contribution is 2.16. The number of anilines is 1. The molecular weight excluding hydrogens is 254 g/mol. The zero-order chi connectivity index (χ0) is 11.3. The summed E-state index contributed by atoms with van der Waals surface area (Å²) in [6.45, 7) is 5.34. The van der Waals surface area contributed by atoms with Gasteiger partial charge in [0.2, 0.25) is 0 Å². The molecule has 0 aliphatic carbocycles. The Morgan fingerprint density at radius 2 is 2.33 bits per heavy atom. The monoisotopic (exact) mass is 269 g/mol. The van der Waals surface area contributed by atoms with Gasteiger partial charge in [0.05, 0.1) is 0 Å². The van der Waals surface area contributed by atoms with Crippen LogP contribution in [0.4, 0.5) is 5.69 Å². The molecule has 0 amide bonds. The SMILES string of the molecule is C=C(Br)CNCc1cnccc1N(C)C. The largest absolute Gasteiger partial charge is 0.377 e. The first kappa shape index (κ1) is 12.2. The highest BCUT2D eigenvalue weighted by atomic mass is 79.9. The number of nitrogens with one attached hydrogen (secondary N) is 1. The average Bonchev–Trinajstić information content (AvgIpc) is 2.17. The molecule has 1 rings (SSSR count). The van der Waals surface area contributed by atoms with E-state index in [0.29, 0.717) is 0 Å². The zero-order valence-corrected chi connectivity index (χ0v) is 10.7. The van der Waals surface area contributed by atoms with Gasteiger partial charge in [0.25, 0.3) is 0 Å². The first-order valence-electron chi connectivity index (χ1n) is 4.75. The molecule has 0 aliphatic rings. The Balaban J connectivity index is 2.63. The second-order valence-corrected chi connectivity index (χ2v) is 4.64. The quantitative estimate of drug-likeness (QED) is 0.888. The van der Waals surface area contributed by atoms with Crippen molar-refractivity contribution in [1.82, 2.24) is 10.3 Å². The molecule has 0 unspecified atom stereocenters. The average molecular weight is 270 g/mol. The predicted octanol–water partition coefficient (Wildman–Crippen LogP) is 2.15. The van der Waals surface area contributed by atoms with Crippen molar-refractivity contribution in [3.05, 3.63) is 35.1 Å². The van der Waals surface area contributed by atoms with E-state index in [1.54, 1.807) is 0 Å². The van der Waals surface area contributed by atoms with Gasteiger partial charge in [-0.3, -0.25) is 4.98 Å². The number of nitrogens with zero attached hydrogens (tertiary/aromatic N) is 2. The summed E-state index contributed by atoms with van der Waals surface area (Å²) in [7, 11) is 4.06. The number of pyridine rings is 1. The van der Waals surface area contributed by atoms with E-state index in [4.69, 9.17) is 0 Å². The molecule has 0 bridgehead atoms. The Bertz CT molecular complexity index is 336. The summed E-state index contributed by atoms with van der Waals surface area (Å²) in [5.41, 5.74) is 2.38. The first-order chi connectivity index (χ1) is 7.11. The van der Waals surface area contributed by atoms with Gasteiger partial charge in [-0.05, 0) is 6.07 Å². The van der Waals surface area contributed by atoms with Crippen LogP contribution in [-0.4, -0.2) is 25.6 Å². The predicted molar refractivity (Wildman–Crippen MR) is 68.3 cm³/mol. The van der Waals surface area contributed by atoms with Crippen LogP contribution < -0.4 is 10.2 Å². The molecule has 1 aromatic heterocycles. The fourth-order valence-corrected chi connectivity index (χ4v) is 1.52. The molecule has 3 nitrogen and oxygen atoms in total. The number of halogens is 1. The van der Waals surface area contributed by atoms with Crippen molar-refractivity contribution in [2.24, 2.45) is 0 Å². The molecule has 1 aromatic rings. The van der Waals surface area contributed by atoms with Gasteiger partial charge in [-0.15, -0.1) is 0 Å². The summed E-state index contributed by atoms with van der Waals surface area (Å²) < 4.78 is 0.956. The molecule has 0 saturated carbocycles.